The second kappa shape index (κ2) is 13.8. The average molecular weight is 626 g/mol. The van der Waals surface area contributed by atoms with Gasteiger partial charge in [-0.1, -0.05) is 66.2 Å². The van der Waals surface area contributed by atoms with Gasteiger partial charge in [0.1, 0.15) is 24.2 Å². The molecular weight excluding hydrogens is 598 g/mol. The van der Waals surface area contributed by atoms with Crippen LogP contribution in [0.5, 0.6) is 11.5 Å². The first-order valence-corrected chi connectivity index (χ1v) is 15.0. The van der Waals surface area contributed by atoms with E-state index in [9.17, 15) is 10.1 Å². The third-order valence-electron chi connectivity index (χ3n) is 7.16. The number of fused-ring (bicyclic) bond motifs is 2. The number of nitriles is 1. The van der Waals surface area contributed by atoms with E-state index in [0.717, 1.165) is 22.0 Å². The van der Waals surface area contributed by atoms with Crippen LogP contribution in [-0.4, -0.2) is 22.5 Å². The van der Waals surface area contributed by atoms with Crippen molar-refractivity contribution in [2.24, 2.45) is 0 Å². The minimum Gasteiger partial charge on any atom is -0.492 e. The maximum atomic E-state index is 13.1. The smallest absolute Gasteiger partial charge is 0.248 e. The molecule has 6 aromatic rings. The maximum absolute atomic E-state index is 13.1. The van der Waals surface area contributed by atoms with Crippen LogP contribution < -0.4 is 20.1 Å². The molecule has 0 aliphatic rings. The summed E-state index contributed by atoms with van der Waals surface area (Å²) in [5.74, 6) is 0.634. The Balaban J connectivity index is 1.29. The number of amides is 1. The van der Waals surface area contributed by atoms with Crippen LogP contribution in [0.4, 0.5) is 17.1 Å². The maximum Gasteiger partial charge on any atom is 0.248 e. The lowest BCUT2D eigenvalue weighted by atomic mass is 10.1. The number of aromatic nitrogens is 2. The molecule has 46 heavy (non-hydrogen) atoms. The number of pyridine rings is 2. The van der Waals surface area contributed by atoms with Crippen molar-refractivity contribution in [3.05, 3.63) is 131 Å². The number of hydrogen-bond acceptors (Lipinski definition) is 7. The molecule has 0 aliphatic carbocycles. The minimum atomic E-state index is -0.356. The van der Waals surface area contributed by atoms with Gasteiger partial charge in [0.25, 0.3) is 0 Å². The highest BCUT2D eigenvalue weighted by Crippen LogP contribution is 2.37. The van der Waals surface area contributed by atoms with Gasteiger partial charge in [-0.05, 0) is 48.9 Å². The first kappa shape index (κ1) is 30.1. The Labute approximate surface area is 270 Å². The van der Waals surface area contributed by atoms with Gasteiger partial charge in [0, 0.05) is 46.6 Å². The van der Waals surface area contributed by atoms with Crippen LogP contribution in [0, 0.1) is 11.3 Å². The Morgan fingerprint density at radius 2 is 1.80 bits per heavy atom. The van der Waals surface area contributed by atoms with E-state index in [4.69, 9.17) is 21.1 Å². The molecule has 0 radical (unpaired) electrons. The molecular formula is C37H28ClN5O3. The van der Waals surface area contributed by atoms with Gasteiger partial charge in [-0.3, -0.25) is 14.8 Å². The number of para-hydroxylation sites is 1. The number of nitrogens with zero attached hydrogens (tertiary/aromatic N) is 3. The Morgan fingerprint density at radius 3 is 2.61 bits per heavy atom. The van der Waals surface area contributed by atoms with Gasteiger partial charge in [0.05, 0.1) is 39.6 Å². The molecule has 0 saturated carbocycles. The van der Waals surface area contributed by atoms with Crippen molar-refractivity contribution < 1.29 is 14.3 Å². The lowest BCUT2D eigenvalue weighted by Crippen LogP contribution is -2.10. The van der Waals surface area contributed by atoms with Crippen molar-refractivity contribution in [3.8, 4) is 17.6 Å². The lowest BCUT2D eigenvalue weighted by Gasteiger charge is -2.16. The Hall–Kier alpha value is -5.91. The van der Waals surface area contributed by atoms with Crippen LogP contribution in [0.1, 0.15) is 23.6 Å². The molecule has 0 bridgehead atoms. The van der Waals surface area contributed by atoms with Gasteiger partial charge < -0.3 is 20.1 Å². The van der Waals surface area contributed by atoms with E-state index >= 15 is 0 Å². The summed E-state index contributed by atoms with van der Waals surface area (Å²) in [5, 5.41) is 18.2. The third-order valence-corrected chi connectivity index (χ3v) is 7.46. The molecule has 0 spiro atoms. The zero-order valence-electron chi connectivity index (χ0n) is 24.8. The molecule has 2 N–H and O–H groups in total. The van der Waals surface area contributed by atoms with Crippen molar-refractivity contribution in [3.63, 3.8) is 0 Å². The number of rotatable bonds is 10. The standard InChI is InChI=1S/C37H28ClN5O3/c1-2-45-34-20-31-29(19-32(34)43-35(44)16-13-26-11-6-10-25-12-7-17-40-36(25)26)37(27(21-39)22-41-31)42-28-14-15-33(30(38)18-28)46-23-24-8-4-3-5-9-24/h3-20,22H,2,23H2,1H3,(H,41,42)(H,43,44). The SMILES string of the molecule is CCOc1cc2ncc(C#N)c(Nc3ccc(OCc4ccccc4)c(Cl)c3)c2cc1NC(=O)C=Cc1cccc2cccnc12. The van der Waals surface area contributed by atoms with E-state index in [1.54, 1.807) is 36.5 Å². The van der Waals surface area contributed by atoms with Gasteiger partial charge in [-0.25, -0.2) is 0 Å². The number of anilines is 3. The topological polar surface area (TPSA) is 109 Å². The summed E-state index contributed by atoms with van der Waals surface area (Å²) in [6.45, 7) is 2.62. The largest absolute Gasteiger partial charge is 0.492 e. The Morgan fingerprint density at radius 1 is 0.957 bits per heavy atom. The van der Waals surface area contributed by atoms with Crippen LogP contribution in [-0.2, 0) is 11.4 Å². The molecule has 0 unspecified atom stereocenters. The molecule has 226 valence electrons. The number of benzene rings is 4. The van der Waals surface area contributed by atoms with Crippen molar-refractivity contribution in [2.45, 2.75) is 13.5 Å². The highest BCUT2D eigenvalue weighted by atomic mass is 35.5. The fourth-order valence-corrected chi connectivity index (χ4v) is 5.22. The first-order chi connectivity index (χ1) is 22.5. The molecule has 4 aromatic carbocycles. The summed E-state index contributed by atoms with van der Waals surface area (Å²) in [7, 11) is 0. The summed E-state index contributed by atoms with van der Waals surface area (Å²) < 4.78 is 11.8. The highest BCUT2D eigenvalue weighted by Gasteiger charge is 2.16. The monoisotopic (exact) mass is 625 g/mol. The van der Waals surface area contributed by atoms with Gasteiger partial charge in [0.15, 0.2) is 0 Å². The second-order valence-corrected chi connectivity index (χ2v) is 10.7. The van der Waals surface area contributed by atoms with Crippen LogP contribution in [0.2, 0.25) is 5.02 Å². The quantitative estimate of drug-likeness (QED) is 0.147. The van der Waals surface area contributed by atoms with Crippen molar-refractivity contribution in [1.82, 2.24) is 9.97 Å². The van der Waals surface area contributed by atoms with Crippen LogP contribution >= 0.6 is 11.6 Å². The normalized spacial score (nSPS) is 11.0. The Kier molecular flexibility index (Phi) is 9.04. The van der Waals surface area contributed by atoms with Gasteiger partial charge in [-0.2, -0.15) is 5.26 Å². The molecule has 6 rings (SSSR count). The van der Waals surface area contributed by atoms with Gasteiger partial charge in [-0.15, -0.1) is 0 Å². The fourth-order valence-electron chi connectivity index (χ4n) is 4.99. The van der Waals surface area contributed by atoms with E-state index in [1.807, 2.05) is 73.7 Å². The molecule has 9 heteroatoms. The van der Waals surface area contributed by atoms with E-state index < -0.39 is 0 Å². The Bertz CT molecular complexity index is 2120. The lowest BCUT2D eigenvalue weighted by molar-refractivity contribution is -0.111. The number of halogens is 1. The fraction of sp³-hybridized carbons (Fsp3) is 0.0811. The van der Waals surface area contributed by atoms with Crippen LogP contribution in [0.15, 0.2) is 109 Å². The zero-order chi connectivity index (χ0) is 31.9. The van der Waals surface area contributed by atoms with Gasteiger partial charge in [0.2, 0.25) is 5.91 Å². The molecule has 0 aliphatic heterocycles. The van der Waals surface area contributed by atoms with E-state index in [2.05, 4.69) is 26.7 Å². The minimum absolute atomic E-state index is 0.317. The van der Waals surface area contributed by atoms with Crippen molar-refractivity contribution >= 4 is 62.5 Å². The van der Waals surface area contributed by atoms with E-state index in [1.165, 1.54) is 12.3 Å². The van der Waals surface area contributed by atoms with Crippen LogP contribution in [0.25, 0.3) is 27.9 Å². The summed E-state index contributed by atoms with van der Waals surface area (Å²) in [6, 6.07) is 30.5. The van der Waals surface area contributed by atoms with Crippen molar-refractivity contribution in [1.29, 1.82) is 5.26 Å². The third kappa shape index (κ3) is 6.75. The van der Waals surface area contributed by atoms with Crippen LogP contribution in [0.3, 0.4) is 0 Å². The molecule has 2 heterocycles. The molecule has 2 aromatic heterocycles. The first-order valence-electron chi connectivity index (χ1n) is 14.6. The summed E-state index contributed by atoms with van der Waals surface area (Å²) in [5.41, 5.74) is 5.13. The molecule has 0 saturated heterocycles. The van der Waals surface area contributed by atoms with Crippen molar-refractivity contribution in [2.75, 3.05) is 17.2 Å². The van der Waals surface area contributed by atoms with Gasteiger partial charge >= 0.3 is 0 Å². The number of ether oxygens (including phenoxy) is 2. The predicted octanol–water partition coefficient (Wildman–Crippen LogP) is 8.68. The highest BCUT2D eigenvalue weighted by molar-refractivity contribution is 6.32. The average Bonchev–Trinajstić information content (AvgIpc) is 3.08. The molecule has 8 nitrogen and oxygen atoms in total. The predicted molar refractivity (Wildman–Crippen MR) is 183 cm³/mol. The second-order valence-electron chi connectivity index (χ2n) is 10.2. The number of carbonyl (C=O) groups excluding carboxylic acids is 1. The zero-order valence-corrected chi connectivity index (χ0v) is 25.6. The molecule has 0 fully saturated rings. The molecule has 1 amide bonds. The summed E-state index contributed by atoms with van der Waals surface area (Å²) in [6.07, 6.45) is 6.40. The summed E-state index contributed by atoms with van der Waals surface area (Å²) >= 11 is 6.58. The van der Waals surface area contributed by atoms with E-state index in [0.29, 0.717) is 63.3 Å². The molecule has 0 atom stereocenters. The summed E-state index contributed by atoms with van der Waals surface area (Å²) in [4.78, 5) is 22.1. The number of carbonyl (C=O) groups is 1. The van der Waals surface area contributed by atoms with E-state index in [-0.39, 0.29) is 5.91 Å². The number of nitrogens with one attached hydrogen (secondary N) is 2. The number of hydrogen-bond donors (Lipinski definition) is 2.